The highest BCUT2D eigenvalue weighted by Crippen LogP contribution is 2.31. The SMILES string of the molecule is O=C(c1ccc(F)cc1)N(CCCn1ccnc1)c1nc2c(F)cccc2s1. The van der Waals surface area contributed by atoms with Crippen LogP contribution in [0.1, 0.15) is 16.8 Å². The van der Waals surface area contributed by atoms with E-state index in [1.807, 2.05) is 10.8 Å². The van der Waals surface area contributed by atoms with Gasteiger partial charge in [-0.05, 0) is 42.8 Å². The highest BCUT2D eigenvalue weighted by atomic mass is 32.1. The van der Waals surface area contributed by atoms with Crippen molar-refractivity contribution in [3.8, 4) is 0 Å². The van der Waals surface area contributed by atoms with Gasteiger partial charge >= 0.3 is 0 Å². The van der Waals surface area contributed by atoms with Crippen molar-refractivity contribution in [2.75, 3.05) is 11.4 Å². The van der Waals surface area contributed by atoms with Crippen LogP contribution in [-0.2, 0) is 6.54 Å². The van der Waals surface area contributed by atoms with Crippen molar-refractivity contribution in [3.05, 3.63) is 78.4 Å². The molecule has 0 fully saturated rings. The van der Waals surface area contributed by atoms with Crippen LogP contribution in [0, 0.1) is 11.6 Å². The van der Waals surface area contributed by atoms with E-state index in [9.17, 15) is 13.6 Å². The molecule has 0 spiro atoms. The molecule has 0 bridgehead atoms. The fourth-order valence-electron chi connectivity index (χ4n) is 2.88. The number of halogens is 2. The second-order valence-corrected chi connectivity index (χ2v) is 7.21. The first-order valence-electron chi connectivity index (χ1n) is 8.70. The molecule has 2 aromatic carbocycles. The number of aryl methyl sites for hydroxylation is 1. The molecule has 0 aliphatic carbocycles. The zero-order valence-corrected chi connectivity index (χ0v) is 15.6. The minimum Gasteiger partial charge on any atom is -0.337 e. The summed E-state index contributed by atoms with van der Waals surface area (Å²) in [6.45, 7) is 1.06. The number of hydrogen-bond donors (Lipinski definition) is 0. The summed E-state index contributed by atoms with van der Waals surface area (Å²) in [6.07, 6.45) is 5.90. The van der Waals surface area contributed by atoms with Gasteiger partial charge in [0.2, 0.25) is 0 Å². The first-order valence-corrected chi connectivity index (χ1v) is 9.52. The lowest BCUT2D eigenvalue weighted by Gasteiger charge is -2.20. The number of rotatable bonds is 6. The summed E-state index contributed by atoms with van der Waals surface area (Å²) in [5, 5.41) is 0.417. The molecule has 0 saturated heterocycles. The third-order valence-corrected chi connectivity index (χ3v) is 5.33. The molecular formula is C20H16F2N4OS. The topological polar surface area (TPSA) is 51.0 Å². The van der Waals surface area contributed by atoms with Gasteiger partial charge in [-0.25, -0.2) is 18.7 Å². The summed E-state index contributed by atoms with van der Waals surface area (Å²) in [6, 6.07) is 10.1. The highest BCUT2D eigenvalue weighted by molar-refractivity contribution is 7.22. The number of fused-ring (bicyclic) bond motifs is 1. The zero-order chi connectivity index (χ0) is 19.5. The van der Waals surface area contributed by atoms with E-state index >= 15 is 0 Å². The molecule has 5 nitrogen and oxygen atoms in total. The molecule has 0 aliphatic rings. The Bertz CT molecular complexity index is 1090. The van der Waals surface area contributed by atoms with Crippen LogP contribution in [-0.4, -0.2) is 27.0 Å². The third kappa shape index (κ3) is 3.77. The van der Waals surface area contributed by atoms with Gasteiger partial charge in [0, 0.05) is 31.0 Å². The fraction of sp³-hybridized carbons (Fsp3) is 0.150. The Balaban J connectivity index is 1.64. The van der Waals surface area contributed by atoms with Gasteiger partial charge in [0.05, 0.1) is 11.0 Å². The summed E-state index contributed by atoms with van der Waals surface area (Å²) >= 11 is 1.25. The zero-order valence-electron chi connectivity index (χ0n) is 14.8. The predicted molar refractivity (Wildman–Crippen MR) is 104 cm³/mol. The van der Waals surface area contributed by atoms with E-state index in [4.69, 9.17) is 0 Å². The van der Waals surface area contributed by atoms with E-state index in [1.165, 1.54) is 46.6 Å². The quantitative estimate of drug-likeness (QED) is 0.480. The summed E-state index contributed by atoms with van der Waals surface area (Å²) < 4.78 is 29.9. The van der Waals surface area contributed by atoms with Gasteiger partial charge in [-0.1, -0.05) is 17.4 Å². The van der Waals surface area contributed by atoms with Crippen LogP contribution in [0.4, 0.5) is 13.9 Å². The summed E-state index contributed by atoms with van der Waals surface area (Å²) in [5.41, 5.74) is 0.595. The van der Waals surface area contributed by atoms with E-state index < -0.39 is 11.6 Å². The molecule has 4 aromatic rings. The van der Waals surface area contributed by atoms with Gasteiger partial charge < -0.3 is 4.57 Å². The van der Waals surface area contributed by atoms with Crippen LogP contribution < -0.4 is 4.90 Å². The number of thiazole rings is 1. The van der Waals surface area contributed by atoms with Gasteiger partial charge in [-0.2, -0.15) is 0 Å². The lowest BCUT2D eigenvalue weighted by molar-refractivity contribution is 0.0986. The van der Waals surface area contributed by atoms with Crippen molar-refractivity contribution in [2.24, 2.45) is 0 Å². The van der Waals surface area contributed by atoms with Crippen molar-refractivity contribution in [3.63, 3.8) is 0 Å². The van der Waals surface area contributed by atoms with E-state index in [0.29, 0.717) is 34.9 Å². The van der Waals surface area contributed by atoms with Gasteiger partial charge in [0.25, 0.3) is 5.91 Å². The minimum absolute atomic E-state index is 0.244. The molecule has 28 heavy (non-hydrogen) atoms. The van der Waals surface area contributed by atoms with E-state index in [0.717, 1.165) is 0 Å². The Morgan fingerprint density at radius 2 is 1.96 bits per heavy atom. The molecule has 2 aromatic heterocycles. The average Bonchev–Trinajstić information content (AvgIpc) is 3.36. The molecule has 0 saturated carbocycles. The van der Waals surface area contributed by atoms with Crippen molar-refractivity contribution in [1.29, 1.82) is 0 Å². The summed E-state index contributed by atoms with van der Waals surface area (Å²) in [5.74, 6) is -1.14. The minimum atomic E-state index is -0.424. The number of imidazole rings is 1. The largest absolute Gasteiger partial charge is 0.337 e. The fourth-order valence-corrected chi connectivity index (χ4v) is 3.89. The number of carbonyl (C=O) groups excluding carboxylic acids is 1. The number of nitrogens with zero attached hydrogens (tertiary/aromatic N) is 4. The molecule has 0 unspecified atom stereocenters. The number of carbonyl (C=O) groups is 1. The predicted octanol–water partition coefficient (Wildman–Crippen LogP) is 4.51. The molecule has 2 heterocycles. The molecule has 0 N–H and O–H groups in total. The second-order valence-electron chi connectivity index (χ2n) is 6.20. The molecule has 1 amide bonds. The maximum Gasteiger partial charge on any atom is 0.260 e. The summed E-state index contributed by atoms with van der Waals surface area (Å²) in [4.78, 5) is 22.9. The number of benzene rings is 2. The Morgan fingerprint density at radius 1 is 1.14 bits per heavy atom. The molecule has 0 radical (unpaired) electrons. The van der Waals surface area contributed by atoms with Crippen LogP contribution in [0.15, 0.2) is 61.2 Å². The van der Waals surface area contributed by atoms with Crippen molar-refractivity contribution >= 4 is 32.6 Å². The van der Waals surface area contributed by atoms with Crippen molar-refractivity contribution in [1.82, 2.24) is 14.5 Å². The standard InChI is InChI=1S/C20H16F2N4OS/c21-15-7-5-14(6-8-15)19(27)26(11-2-10-25-12-9-23-13-25)20-24-18-16(22)3-1-4-17(18)28-20/h1,3-9,12-13H,2,10-11H2. The van der Waals surface area contributed by atoms with Crippen LogP contribution in [0.2, 0.25) is 0 Å². The van der Waals surface area contributed by atoms with Crippen LogP contribution in [0.3, 0.4) is 0 Å². The molecule has 142 valence electrons. The van der Waals surface area contributed by atoms with E-state index in [-0.39, 0.29) is 11.4 Å². The Labute approximate surface area is 163 Å². The Morgan fingerprint density at radius 3 is 2.68 bits per heavy atom. The third-order valence-electron chi connectivity index (χ3n) is 4.28. The van der Waals surface area contributed by atoms with Gasteiger partial charge in [0.15, 0.2) is 5.13 Å². The molecular weight excluding hydrogens is 382 g/mol. The molecule has 8 heteroatoms. The number of para-hydroxylation sites is 1. The van der Waals surface area contributed by atoms with Gasteiger partial charge in [-0.3, -0.25) is 9.69 Å². The van der Waals surface area contributed by atoms with Crippen LogP contribution in [0.5, 0.6) is 0 Å². The van der Waals surface area contributed by atoms with Gasteiger partial charge in [-0.15, -0.1) is 0 Å². The number of aromatic nitrogens is 3. The number of amides is 1. The van der Waals surface area contributed by atoms with E-state index in [1.54, 1.807) is 24.7 Å². The monoisotopic (exact) mass is 398 g/mol. The van der Waals surface area contributed by atoms with Crippen molar-refractivity contribution in [2.45, 2.75) is 13.0 Å². The molecule has 0 aliphatic heterocycles. The average molecular weight is 398 g/mol. The molecule has 4 rings (SSSR count). The van der Waals surface area contributed by atoms with Gasteiger partial charge in [0.1, 0.15) is 17.2 Å². The smallest absolute Gasteiger partial charge is 0.260 e. The first-order chi connectivity index (χ1) is 13.6. The maximum absolute atomic E-state index is 14.1. The Kier molecular flexibility index (Phi) is 5.12. The first kappa shape index (κ1) is 18.2. The molecule has 0 atom stereocenters. The second kappa shape index (κ2) is 7.85. The Hall–Kier alpha value is -3.13. The van der Waals surface area contributed by atoms with Crippen LogP contribution >= 0.6 is 11.3 Å². The lowest BCUT2D eigenvalue weighted by Crippen LogP contribution is -2.32. The normalized spacial score (nSPS) is 11.1. The summed E-state index contributed by atoms with van der Waals surface area (Å²) in [7, 11) is 0. The lowest BCUT2D eigenvalue weighted by atomic mass is 10.2. The van der Waals surface area contributed by atoms with Crippen LogP contribution in [0.25, 0.3) is 10.2 Å². The van der Waals surface area contributed by atoms with Crippen molar-refractivity contribution < 1.29 is 13.6 Å². The highest BCUT2D eigenvalue weighted by Gasteiger charge is 2.22. The van der Waals surface area contributed by atoms with E-state index in [2.05, 4.69) is 9.97 Å². The number of hydrogen-bond acceptors (Lipinski definition) is 4. The maximum atomic E-state index is 14.1. The number of anilines is 1.